The van der Waals surface area contributed by atoms with E-state index < -0.39 is 5.97 Å². The maximum atomic E-state index is 12.1. The van der Waals surface area contributed by atoms with Crippen molar-refractivity contribution >= 4 is 40.0 Å². The van der Waals surface area contributed by atoms with Gasteiger partial charge in [0.05, 0.1) is 10.6 Å². The number of thiophene rings is 1. The molecule has 0 atom stereocenters. The number of aromatic carboxylic acids is 1. The molecule has 1 amide bonds. The smallest absolute Gasteiger partial charge is 0.345 e. The van der Waals surface area contributed by atoms with E-state index in [0.29, 0.717) is 10.6 Å². The molecule has 2 aromatic rings. The molecule has 2 rings (SSSR count). The molecule has 0 radical (unpaired) electrons. The first-order chi connectivity index (χ1) is 9.11. The second-order valence-electron chi connectivity index (χ2n) is 3.62. The van der Waals surface area contributed by atoms with Crippen molar-refractivity contribution in [2.75, 3.05) is 11.6 Å². The lowest BCUT2D eigenvalue weighted by Crippen LogP contribution is -2.11. The van der Waals surface area contributed by atoms with E-state index in [4.69, 9.17) is 5.11 Å². The first-order valence-electron chi connectivity index (χ1n) is 5.39. The van der Waals surface area contributed by atoms with Crippen molar-refractivity contribution < 1.29 is 14.7 Å². The van der Waals surface area contributed by atoms with Gasteiger partial charge in [-0.1, -0.05) is 12.1 Å². The lowest BCUT2D eigenvalue weighted by Gasteiger charge is -2.06. The second-order valence-corrected chi connectivity index (χ2v) is 5.56. The predicted molar refractivity (Wildman–Crippen MR) is 77.5 cm³/mol. The summed E-state index contributed by atoms with van der Waals surface area (Å²) in [5.41, 5.74) is 0.584. The van der Waals surface area contributed by atoms with Crippen LogP contribution in [0.2, 0.25) is 0 Å². The zero-order valence-corrected chi connectivity index (χ0v) is 11.7. The molecule has 2 N–H and O–H groups in total. The minimum atomic E-state index is -0.991. The van der Waals surface area contributed by atoms with Gasteiger partial charge in [-0.2, -0.15) is 0 Å². The Morgan fingerprint density at radius 3 is 2.58 bits per heavy atom. The SMILES string of the molecule is CSc1ccccc1C(=O)Nc1ccc(C(=O)O)s1. The Bertz CT molecular complexity index is 622. The molecule has 0 aliphatic rings. The highest BCUT2D eigenvalue weighted by atomic mass is 32.2. The van der Waals surface area contributed by atoms with Crippen LogP contribution in [0.3, 0.4) is 0 Å². The van der Waals surface area contributed by atoms with E-state index in [1.165, 1.54) is 17.8 Å². The van der Waals surface area contributed by atoms with Gasteiger partial charge in [-0.25, -0.2) is 4.79 Å². The molecule has 0 fully saturated rings. The van der Waals surface area contributed by atoms with Gasteiger partial charge < -0.3 is 10.4 Å². The molecule has 6 heteroatoms. The molecule has 4 nitrogen and oxygen atoms in total. The third-order valence-corrected chi connectivity index (χ3v) is 4.19. The number of rotatable bonds is 4. The van der Waals surface area contributed by atoms with Gasteiger partial charge in [0.1, 0.15) is 4.88 Å². The first kappa shape index (κ1) is 13.6. The molecule has 0 saturated carbocycles. The number of hydrogen-bond acceptors (Lipinski definition) is 4. The number of thioether (sulfide) groups is 1. The minimum Gasteiger partial charge on any atom is -0.477 e. The van der Waals surface area contributed by atoms with E-state index in [9.17, 15) is 9.59 Å². The summed E-state index contributed by atoms with van der Waals surface area (Å²) in [5, 5.41) is 12.1. The van der Waals surface area contributed by atoms with Crippen LogP contribution in [-0.2, 0) is 0 Å². The van der Waals surface area contributed by atoms with Gasteiger partial charge in [0.15, 0.2) is 0 Å². The van der Waals surface area contributed by atoms with E-state index in [1.807, 2.05) is 18.4 Å². The quantitative estimate of drug-likeness (QED) is 0.848. The van der Waals surface area contributed by atoms with E-state index in [1.54, 1.807) is 18.2 Å². The number of carbonyl (C=O) groups excluding carboxylic acids is 1. The molecular weight excluding hydrogens is 282 g/mol. The Morgan fingerprint density at radius 1 is 1.21 bits per heavy atom. The van der Waals surface area contributed by atoms with Crippen LogP contribution in [0.1, 0.15) is 20.0 Å². The summed E-state index contributed by atoms with van der Waals surface area (Å²) in [4.78, 5) is 24.0. The highest BCUT2D eigenvalue weighted by Crippen LogP contribution is 2.25. The van der Waals surface area contributed by atoms with E-state index in [-0.39, 0.29) is 10.8 Å². The zero-order valence-electron chi connectivity index (χ0n) is 10.0. The topological polar surface area (TPSA) is 66.4 Å². The number of amides is 1. The van der Waals surface area contributed by atoms with Crippen LogP contribution in [0.4, 0.5) is 5.00 Å². The highest BCUT2D eigenvalue weighted by Gasteiger charge is 2.13. The number of carboxylic acid groups (broad SMARTS) is 1. The first-order valence-corrected chi connectivity index (χ1v) is 7.43. The average Bonchev–Trinajstić information content (AvgIpc) is 2.87. The van der Waals surface area contributed by atoms with Gasteiger partial charge in [-0.3, -0.25) is 4.79 Å². The lowest BCUT2D eigenvalue weighted by atomic mass is 10.2. The number of benzene rings is 1. The van der Waals surface area contributed by atoms with Crippen molar-refractivity contribution in [3.63, 3.8) is 0 Å². The van der Waals surface area contributed by atoms with Crippen molar-refractivity contribution in [2.45, 2.75) is 4.90 Å². The van der Waals surface area contributed by atoms with Gasteiger partial charge in [0.2, 0.25) is 0 Å². The fourth-order valence-corrected chi connectivity index (χ4v) is 2.87. The summed E-state index contributed by atoms with van der Waals surface area (Å²) in [6.07, 6.45) is 1.90. The fraction of sp³-hybridized carbons (Fsp3) is 0.0769. The molecular formula is C13H11NO3S2. The fourth-order valence-electron chi connectivity index (χ4n) is 1.53. The summed E-state index contributed by atoms with van der Waals surface area (Å²) >= 11 is 2.53. The van der Waals surface area contributed by atoms with Gasteiger partial charge in [-0.05, 0) is 30.5 Å². The van der Waals surface area contributed by atoms with Crippen LogP contribution < -0.4 is 5.32 Å². The van der Waals surface area contributed by atoms with Crippen LogP contribution in [0.5, 0.6) is 0 Å². The van der Waals surface area contributed by atoms with Crippen molar-refractivity contribution in [2.24, 2.45) is 0 Å². The summed E-state index contributed by atoms with van der Waals surface area (Å²) in [6.45, 7) is 0. The molecule has 1 aromatic carbocycles. The van der Waals surface area contributed by atoms with Crippen LogP contribution in [0.25, 0.3) is 0 Å². The number of nitrogens with one attached hydrogen (secondary N) is 1. The standard InChI is InChI=1S/C13H11NO3S2/c1-18-9-5-3-2-4-8(9)12(15)14-11-7-6-10(19-11)13(16)17/h2-7H,1H3,(H,14,15)(H,16,17). The van der Waals surface area contributed by atoms with E-state index >= 15 is 0 Å². The number of carbonyl (C=O) groups is 2. The summed E-state index contributed by atoms with van der Waals surface area (Å²) in [5.74, 6) is -1.22. The zero-order chi connectivity index (χ0) is 13.8. The molecule has 1 aromatic heterocycles. The molecule has 0 bridgehead atoms. The molecule has 98 valence electrons. The normalized spacial score (nSPS) is 10.2. The molecule has 1 heterocycles. The predicted octanol–water partition coefficient (Wildman–Crippen LogP) is 3.42. The Kier molecular flexibility index (Phi) is 4.24. The van der Waals surface area contributed by atoms with E-state index in [0.717, 1.165) is 16.2 Å². The lowest BCUT2D eigenvalue weighted by molar-refractivity contribution is 0.0702. The van der Waals surface area contributed by atoms with Crippen LogP contribution >= 0.6 is 23.1 Å². The maximum Gasteiger partial charge on any atom is 0.345 e. The second kappa shape index (κ2) is 5.90. The van der Waals surface area contributed by atoms with Gasteiger partial charge in [0, 0.05) is 4.90 Å². The number of anilines is 1. The van der Waals surface area contributed by atoms with Crippen LogP contribution in [0.15, 0.2) is 41.3 Å². The Morgan fingerprint density at radius 2 is 1.95 bits per heavy atom. The summed E-state index contributed by atoms with van der Waals surface area (Å²) in [6, 6.07) is 10.3. The minimum absolute atomic E-state index is 0.202. The van der Waals surface area contributed by atoms with Gasteiger partial charge >= 0.3 is 5.97 Å². The largest absolute Gasteiger partial charge is 0.477 e. The maximum absolute atomic E-state index is 12.1. The molecule has 0 aliphatic carbocycles. The van der Waals surface area contributed by atoms with Crippen molar-refractivity contribution in [3.8, 4) is 0 Å². The Balaban J connectivity index is 2.18. The molecule has 19 heavy (non-hydrogen) atoms. The van der Waals surface area contributed by atoms with E-state index in [2.05, 4.69) is 5.32 Å². The highest BCUT2D eigenvalue weighted by molar-refractivity contribution is 7.98. The van der Waals surface area contributed by atoms with Crippen molar-refractivity contribution in [1.82, 2.24) is 0 Å². The third kappa shape index (κ3) is 3.15. The molecule has 0 saturated heterocycles. The van der Waals surface area contributed by atoms with Gasteiger partial charge in [-0.15, -0.1) is 23.1 Å². The molecule has 0 aliphatic heterocycles. The number of carboxylic acids is 1. The molecule has 0 unspecified atom stereocenters. The monoisotopic (exact) mass is 293 g/mol. The van der Waals surface area contributed by atoms with Crippen LogP contribution in [0, 0.1) is 0 Å². The van der Waals surface area contributed by atoms with Gasteiger partial charge in [0.25, 0.3) is 5.91 Å². The summed E-state index contributed by atoms with van der Waals surface area (Å²) < 4.78 is 0. The van der Waals surface area contributed by atoms with Crippen molar-refractivity contribution in [1.29, 1.82) is 0 Å². The Labute approximate surface area is 118 Å². The third-order valence-electron chi connectivity index (χ3n) is 2.41. The summed E-state index contributed by atoms with van der Waals surface area (Å²) in [7, 11) is 0. The van der Waals surface area contributed by atoms with Crippen LogP contribution in [-0.4, -0.2) is 23.2 Å². The Hall–Kier alpha value is -1.79. The number of hydrogen-bond donors (Lipinski definition) is 2. The molecule has 0 spiro atoms. The van der Waals surface area contributed by atoms with Crippen molar-refractivity contribution in [3.05, 3.63) is 46.8 Å². The average molecular weight is 293 g/mol.